The molecule has 10 heteroatoms. The van der Waals surface area contributed by atoms with E-state index in [4.69, 9.17) is 0 Å². The quantitative estimate of drug-likeness (QED) is 0.697. The second-order valence-electron chi connectivity index (χ2n) is 7.76. The number of aliphatic imine (C=N–C) groups is 1. The van der Waals surface area contributed by atoms with Crippen LogP contribution in [-0.4, -0.2) is 48.0 Å². The first-order valence-electron chi connectivity index (χ1n) is 10.1. The topological polar surface area (TPSA) is 77.0 Å². The Morgan fingerprint density at radius 2 is 2.03 bits per heavy atom. The molecule has 0 aliphatic carbocycles. The Morgan fingerprint density at radius 1 is 1.31 bits per heavy atom. The van der Waals surface area contributed by atoms with Crippen LogP contribution in [0.1, 0.15) is 18.9 Å². The molecule has 1 aromatic carbocycles. The summed E-state index contributed by atoms with van der Waals surface area (Å²) in [6, 6.07) is 4.01. The van der Waals surface area contributed by atoms with Crippen LogP contribution in [0.3, 0.4) is 0 Å². The zero-order valence-electron chi connectivity index (χ0n) is 17.3. The molecule has 1 amide bonds. The summed E-state index contributed by atoms with van der Waals surface area (Å²) in [5.41, 5.74) is 4.10. The van der Waals surface area contributed by atoms with E-state index >= 15 is 0 Å². The summed E-state index contributed by atoms with van der Waals surface area (Å²) in [5.74, 6) is -0.343. The molecule has 168 valence electrons. The van der Waals surface area contributed by atoms with Crippen LogP contribution < -0.4 is 15.8 Å². The number of amides is 1. The predicted octanol–water partition coefficient (Wildman–Crippen LogP) is 2.54. The lowest BCUT2D eigenvalue weighted by molar-refractivity contribution is -0.137. The van der Waals surface area contributed by atoms with E-state index in [9.17, 15) is 22.8 Å². The Hall–Kier alpha value is -3.56. The number of anilines is 1. The molecule has 4 rings (SSSR count). The zero-order valence-corrected chi connectivity index (χ0v) is 17.3. The molecule has 1 saturated heterocycles. The first-order chi connectivity index (χ1) is 15.2. The van der Waals surface area contributed by atoms with Gasteiger partial charge in [0.1, 0.15) is 6.04 Å². The summed E-state index contributed by atoms with van der Waals surface area (Å²) >= 11 is 0. The number of Topliss-reactive ketones (excluding diaryl/α,β-unsaturated/α-hetero) is 1. The van der Waals surface area contributed by atoms with E-state index in [0.717, 1.165) is 12.1 Å². The van der Waals surface area contributed by atoms with E-state index in [2.05, 4.69) is 22.3 Å². The number of nitrogens with zero attached hydrogens (tertiary/aromatic N) is 3. The van der Waals surface area contributed by atoms with Crippen molar-refractivity contribution in [3.63, 3.8) is 0 Å². The van der Waals surface area contributed by atoms with Gasteiger partial charge in [0.05, 0.1) is 28.2 Å². The monoisotopic (exact) mass is 445 g/mol. The highest BCUT2D eigenvalue weighted by Gasteiger charge is 2.35. The van der Waals surface area contributed by atoms with Crippen molar-refractivity contribution in [3.05, 3.63) is 65.7 Å². The van der Waals surface area contributed by atoms with Gasteiger partial charge in [0, 0.05) is 31.5 Å². The molecule has 3 heterocycles. The fourth-order valence-corrected chi connectivity index (χ4v) is 3.92. The molecule has 32 heavy (non-hydrogen) atoms. The molecule has 1 aromatic rings. The Labute approximate surface area is 182 Å². The van der Waals surface area contributed by atoms with Crippen LogP contribution in [0.4, 0.5) is 18.9 Å². The Balaban J connectivity index is 1.60. The molecule has 0 saturated carbocycles. The highest BCUT2D eigenvalue weighted by Crippen LogP contribution is 2.33. The largest absolute Gasteiger partial charge is 0.416 e. The molecule has 0 spiro atoms. The molecule has 0 aromatic heterocycles. The van der Waals surface area contributed by atoms with E-state index in [0.29, 0.717) is 42.2 Å². The van der Waals surface area contributed by atoms with Gasteiger partial charge in [-0.05, 0) is 43.7 Å². The lowest BCUT2D eigenvalue weighted by Crippen LogP contribution is -2.46. The lowest BCUT2D eigenvalue weighted by Gasteiger charge is -2.35. The molecule has 3 aliphatic heterocycles. The summed E-state index contributed by atoms with van der Waals surface area (Å²) in [6.07, 6.45) is 0.700. The number of likely N-dealkylation sites (tertiary alicyclic amines) is 1. The molecular weight excluding hydrogens is 423 g/mol. The van der Waals surface area contributed by atoms with E-state index in [1.165, 1.54) is 23.2 Å². The molecule has 2 N–H and O–H groups in total. The van der Waals surface area contributed by atoms with Gasteiger partial charge in [-0.3, -0.25) is 25.0 Å². The number of halogens is 3. The number of carbonyl (C=O) groups excluding carboxylic acids is 2. The summed E-state index contributed by atoms with van der Waals surface area (Å²) in [6.45, 7) is 6.25. The number of nitrogens with one attached hydrogen (secondary N) is 2. The van der Waals surface area contributed by atoms with E-state index in [-0.39, 0.29) is 17.7 Å². The number of benzene rings is 1. The minimum atomic E-state index is -4.44. The number of alkyl halides is 3. The summed E-state index contributed by atoms with van der Waals surface area (Å²) in [7, 11) is 0. The predicted molar refractivity (Wildman–Crippen MR) is 113 cm³/mol. The van der Waals surface area contributed by atoms with Crippen molar-refractivity contribution in [1.82, 2.24) is 15.6 Å². The van der Waals surface area contributed by atoms with Gasteiger partial charge >= 0.3 is 6.18 Å². The van der Waals surface area contributed by atoms with Crippen LogP contribution in [0, 0.1) is 0 Å². The summed E-state index contributed by atoms with van der Waals surface area (Å²) in [5, 5.41) is 4.86. The van der Waals surface area contributed by atoms with Crippen LogP contribution in [0.25, 0.3) is 0 Å². The highest BCUT2D eigenvalue weighted by atomic mass is 19.4. The van der Waals surface area contributed by atoms with Crippen molar-refractivity contribution >= 4 is 23.6 Å². The number of ketones is 1. The first-order valence-corrected chi connectivity index (χ1v) is 10.1. The fourth-order valence-electron chi connectivity index (χ4n) is 3.92. The van der Waals surface area contributed by atoms with Crippen LogP contribution in [-0.2, 0) is 15.8 Å². The standard InChI is InChI=1S/C22H22F3N5O2/c1-3-19(31)29-9-8-15(12-29)28-17-10-27-30(18-11-26-13(2)21(32)20(17)18)16-6-4-14(5-7-16)22(23,24)25/h3-7,10-11,13,15,27-28H,1,8-9,12H2,2H3/t13-,15?/m0/s1. The number of hydrogen-bond donors (Lipinski definition) is 2. The first kappa shape index (κ1) is 21.7. The van der Waals surface area contributed by atoms with E-state index in [1.54, 1.807) is 24.2 Å². The molecule has 0 radical (unpaired) electrons. The molecule has 1 unspecified atom stereocenters. The van der Waals surface area contributed by atoms with Gasteiger partial charge in [-0.15, -0.1) is 0 Å². The number of rotatable bonds is 4. The van der Waals surface area contributed by atoms with E-state index < -0.39 is 17.8 Å². The van der Waals surface area contributed by atoms with Gasteiger partial charge in [0.25, 0.3) is 0 Å². The summed E-state index contributed by atoms with van der Waals surface area (Å²) < 4.78 is 38.8. The van der Waals surface area contributed by atoms with Crippen molar-refractivity contribution in [1.29, 1.82) is 0 Å². The SMILES string of the molecule is C=CC(=O)N1CCC(NC2=CNN(c3ccc(C(F)(F)F)cc3)C3=C2C(=O)[C@H](C)N=C3)C1. The third-order valence-corrected chi connectivity index (χ3v) is 5.64. The van der Waals surface area contributed by atoms with Crippen molar-refractivity contribution in [2.75, 3.05) is 18.1 Å². The molecule has 7 nitrogen and oxygen atoms in total. The third kappa shape index (κ3) is 4.00. The van der Waals surface area contributed by atoms with Gasteiger partial charge in [0.2, 0.25) is 5.91 Å². The van der Waals surface area contributed by atoms with E-state index in [1.807, 2.05) is 0 Å². The number of dihydropyridines is 1. The van der Waals surface area contributed by atoms with Crippen LogP contribution in [0.5, 0.6) is 0 Å². The maximum absolute atomic E-state index is 13.0. The van der Waals surface area contributed by atoms with Gasteiger partial charge < -0.3 is 10.2 Å². The van der Waals surface area contributed by atoms with Crippen LogP contribution in [0.2, 0.25) is 0 Å². The van der Waals surface area contributed by atoms with Gasteiger partial charge in [-0.1, -0.05) is 6.58 Å². The molecule has 1 fully saturated rings. The van der Waals surface area contributed by atoms with Crippen LogP contribution in [0.15, 0.2) is 65.1 Å². The number of hydrogen-bond acceptors (Lipinski definition) is 6. The number of hydrazine groups is 1. The lowest BCUT2D eigenvalue weighted by atomic mass is 9.96. The van der Waals surface area contributed by atoms with Crippen molar-refractivity contribution < 1.29 is 22.8 Å². The van der Waals surface area contributed by atoms with Gasteiger partial charge in [-0.25, -0.2) is 0 Å². The average molecular weight is 445 g/mol. The van der Waals surface area contributed by atoms with Crippen molar-refractivity contribution in [2.24, 2.45) is 4.99 Å². The normalized spacial score (nSPS) is 23.0. The second kappa shape index (κ2) is 8.18. The highest BCUT2D eigenvalue weighted by molar-refractivity contribution is 6.12. The summed E-state index contributed by atoms with van der Waals surface area (Å²) in [4.78, 5) is 30.8. The maximum Gasteiger partial charge on any atom is 0.416 e. The average Bonchev–Trinajstić information content (AvgIpc) is 3.24. The maximum atomic E-state index is 13.0. The second-order valence-corrected chi connectivity index (χ2v) is 7.76. The van der Waals surface area contributed by atoms with Crippen LogP contribution >= 0.6 is 0 Å². The minimum absolute atomic E-state index is 0.0553. The van der Waals surface area contributed by atoms with Gasteiger partial charge in [-0.2, -0.15) is 13.2 Å². The molecule has 3 aliphatic rings. The fraction of sp³-hybridized carbons (Fsp3) is 0.318. The smallest absolute Gasteiger partial charge is 0.379 e. The number of carbonyl (C=O) groups is 2. The van der Waals surface area contributed by atoms with Crippen molar-refractivity contribution in [3.8, 4) is 0 Å². The zero-order chi connectivity index (χ0) is 23.0. The Bertz CT molecular complexity index is 1040. The van der Waals surface area contributed by atoms with Crippen molar-refractivity contribution in [2.45, 2.75) is 31.6 Å². The molecule has 2 atom stereocenters. The molecular formula is C22H22F3N5O2. The number of allylic oxidation sites excluding steroid dienone is 2. The van der Waals surface area contributed by atoms with Gasteiger partial charge in [0.15, 0.2) is 5.78 Å². The minimum Gasteiger partial charge on any atom is -0.379 e. The Morgan fingerprint density at radius 3 is 2.69 bits per heavy atom. The Kier molecular flexibility index (Phi) is 5.53. The third-order valence-electron chi connectivity index (χ3n) is 5.64. The molecule has 0 bridgehead atoms.